The van der Waals surface area contributed by atoms with Crippen LogP contribution in [-0.4, -0.2) is 33.5 Å². The van der Waals surface area contributed by atoms with E-state index in [2.05, 4.69) is 0 Å². The van der Waals surface area contributed by atoms with Crippen molar-refractivity contribution in [2.24, 2.45) is 0 Å². The van der Waals surface area contributed by atoms with E-state index in [1.165, 1.54) is 6.07 Å². The molecule has 1 rings (SSSR count). The average molecular weight is 267 g/mol. The molecule has 0 radical (unpaired) electrons. The fraction of sp³-hybridized carbons (Fsp3) is 0.500. The van der Waals surface area contributed by atoms with Gasteiger partial charge in [0.2, 0.25) is 0 Å². The highest BCUT2D eigenvalue weighted by Gasteiger charge is 2.03. The van der Waals surface area contributed by atoms with Crippen LogP contribution in [0, 0.1) is 17.1 Å². The highest BCUT2D eigenvalue weighted by molar-refractivity contribution is 5.32. The van der Waals surface area contributed by atoms with Gasteiger partial charge in [-0.25, -0.2) is 4.39 Å². The van der Waals surface area contributed by atoms with Crippen LogP contribution in [0.4, 0.5) is 4.39 Å². The maximum atomic E-state index is 13.5. The number of hydrogen-bond donors (Lipinski definition) is 0. The van der Waals surface area contributed by atoms with Crippen LogP contribution in [0.5, 0.6) is 0 Å². The second-order valence-corrected chi connectivity index (χ2v) is 3.93. The molecule has 0 heterocycles. The standard InChI is InChI=1S/C14H18FNO3/c1-17-7-8-18-5-2-6-19-11-13-4-3-12(10-16)9-14(13)15/h3-4,9H,2,5-8,11H2,1H3. The van der Waals surface area contributed by atoms with Gasteiger partial charge in [-0.05, 0) is 18.6 Å². The highest BCUT2D eigenvalue weighted by Crippen LogP contribution is 2.11. The summed E-state index contributed by atoms with van der Waals surface area (Å²) in [5.74, 6) is -0.407. The van der Waals surface area contributed by atoms with Crippen LogP contribution < -0.4 is 0 Å². The molecule has 0 spiro atoms. The fourth-order valence-corrected chi connectivity index (χ4v) is 1.42. The molecular weight excluding hydrogens is 249 g/mol. The summed E-state index contributed by atoms with van der Waals surface area (Å²) in [6.07, 6.45) is 0.752. The number of nitrogens with zero attached hydrogens (tertiary/aromatic N) is 1. The van der Waals surface area contributed by atoms with Gasteiger partial charge in [0.15, 0.2) is 0 Å². The summed E-state index contributed by atoms with van der Waals surface area (Å²) in [6.45, 7) is 2.46. The van der Waals surface area contributed by atoms with Gasteiger partial charge in [0, 0.05) is 25.9 Å². The van der Waals surface area contributed by atoms with Gasteiger partial charge in [-0.15, -0.1) is 0 Å². The Morgan fingerprint density at radius 2 is 1.95 bits per heavy atom. The van der Waals surface area contributed by atoms with E-state index in [4.69, 9.17) is 19.5 Å². The Bertz CT molecular complexity index is 418. The Kier molecular flexibility index (Phi) is 7.75. The zero-order valence-electron chi connectivity index (χ0n) is 11.0. The molecule has 19 heavy (non-hydrogen) atoms. The molecule has 104 valence electrons. The maximum absolute atomic E-state index is 13.5. The van der Waals surface area contributed by atoms with Crippen molar-refractivity contribution in [3.05, 3.63) is 35.1 Å². The van der Waals surface area contributed by atoms with Crippen molar-refractivity contribution in [3.8, 4) is 6.07 Å². The van der Waals surface area contributed by atoms with Crippen molar-refractivity contribution in [1.29, 1.82) is 5.26 Å². The van der Waals surface area contributed by atoms with Crippen molar-refractivity contribution >= 4 is 0 Å². The Balaban J connectivity index is 2.14. The molecular formula is C14H18FNO3. The summed E-state index contributed by atoms with van der Waals surface area (Å²) in [5, 5.41) is 8.62. The molecule has 0 amide bonds. The third-order valence-electron chi connectivity index (χ3n) is 2.45. The zero-order chi connectivity index (χ0) is 13.9. The lowest BCUT2D eigenvalue weighted by Crippen LogP contribution is -2.06. The number of methoxy groups -OCH3 is 1. The average Bonchev–Trinajstić information content (AvgIpc) is 2.43. The minimum absolute atomic E-state index is 0.204. The Morgan fingerprint density at radius 1 is 1.16 bits per heavy atom. The molecule has 0 aliphatic heterocycles. The van der Waals surface area contributed by atoms with E-state index in [9.17, 15) is 4.39 Å². The SMILES string of the molecule is COCCOCCCOCc1ccc(C#N)cc1F. The van der Waals surface area contributed by atoms with Crippen LogP contribution in [0.1, 0.15) is 17.5 Å². The smallest absolute Gasteiger partial charge is 0.130 e. The second-order valence-electron chi connectivity index (χ2n) is 3.93. The first-order valence-electron chi connectivity index (χ1n) is 6.11. The van der Waals surface area contributed by atoms with Crippen LogP contribution in [-0.2, 0) is 20.8 Å². The van der Waals surface area contributed by atoms with Crippen LogP contribution in [0.25, 0.3) is 0 Å². The van der Waals surface area contributed by atoms with Crippen molar-refractivity contribution in [3.63, 3.8) is 0 Å². The van der Waals surface area contributed by atoms with Gasteiger partial charge in [0.1, 0.15) is 5.82 Å². The molecule has 1 aromatic rings. The molecule has 0 N–H and O–H groups in total. The number of rotatable bonds is 9. The monoisotopic (exact) mass is 267 g/mol. The molecule has 0 aliphatic rings. The molecule has 0 saturated carbocycles. The normalized spacial score (nSPS) is 10.4. The number of benzene rings is 1. The fourth-order valence-electron chi connectivity index (χ4n) is 1.42. The number of ether oxygens (including phenoxy) is 3. The van der Waals surface area contributed by atoms with Crippen molar-refractivity contribution in [2.45, 2.75) is 13.0 Å². The van der Waals surface area contributed by atoms with Crippen molar-refractivity contribution in [1.82, 2.24) is 0 Å². The summed E-state index contributed by atoms with van der Waals surface area (Å²) in [6, 6.07) is 6.25. The minimum Gasteiger partial charge on any atom is -0.382 e. The van der Waals surface area contributed by atoms with Crippen LogP contribution >= 0.6 is 0 Å². The summed E-state index contributed by atoms with van der Waals surface area (Å²) >= 11 is 0. The van der Waals surface area contributed by atoms with E-state index >= 15 is 0 Å². The number of hydrogen-bond acceptors (Lipinski definition) is 4. The van der Waals surface area contributed by atoms with E-state index in [-0.39, 0.29) is 6.61 Å². The van der Waals surface area contributed by atoms with Gasteiger partial charge in [-0.3, -0.25) is 0 Å². The lowest BCUT2D eigenvalue weighted by atomic mass is 10.1. The maximum Gasteiger partial charge on any atom is 0.130 e. The van der Waals surface area contributed by atoms with E-state index in [0.29, 0.717) is 37.6 Å². The zero-order valence-corrected chi connectivity index (χ0v) is 11.0. The Morgan fingerprint density at radius 3 is 2.63 bits per heavy atom. The Hall–Kier alpha value is -1.48. The summed E-state index contributed by atoms with van der Waals surface area (Å²) < 4.78 is 28.9. The van der Waals surface area contributed by atoms with Crippen LogP contribution in [0.3, 0.4) is 0 Å². The summed E-state index contributed by atoms with van der Waals surface area (Å²) in [4.78, 5) is 0. The summed E-state index contributed by atoms with van der Waals surface area (Å²) in [5.41, 5.74) is 0.770. The predicted molar refractivity (Wildman–Crippen MR) is 68.1 cm³/mol. The van der Waals surface area contributed by atoms with Gasteiger partial charge in [0.25, 0.3) is 0 Å². The molecule has 0 aromatic heterocycles. The molecule has 0 aliphatic carbocycles. The third-order valence-corrected chi connectivity index (χ3v) is 2.45. The van der Waals surface area contributed by atoms with E-state index in [1.807, 2.05) is 6.07 Å². The third kappa shape index (κ3) is 6.30. The quantitative estimate of drug-likeness (QED) is 0.644. The molecule has 0 saturated heterocycles. The summed E-state index contributed by atoms with van der Waals surface area (Å²) in [7, 11) is 1.62. The first-order valence-corrected chi connectivity index (χ1v) is 6.11. The lowest BCUT2D eigenvalue weighted by molar-refractivity contribution is 0.0479. The molecule has 0 bridgehead atoms. The highest BCUT2D eigenvalue weighted by atomic mass is 19.1. The largest absolute Gasteiger partial charge is 0.382 e. The van der Waals surface area contributed by atoms with Crippen LogP contribution in [0.15, 0.2) is 18.2 Å². The van der Waals surface area contributed by atoms with E-state index in [1.54, 1.807) is 19.2 Å². The predicted octanol–water partition coefficient (Wildman–Crippen LogP) is 2.27. The van der Waals surface area contributed by atoms with Crippen molar-refractivity contribution in [2.75, 3.05) is 33.5 Å². The second kappa shape index (κ2) is 9.45. The molecule has 0 unspecified atom stereocenters. The molecule has 5 heteroatoms. The first kappa shape index (κ1) is 15.6. The van der Waals surface area contributed by atoms with Gasteiger partial charge >= 0.3 is 0 Å². The van der Waals surface area contributed by atoms with Gasteiger partial charge in [-0.1, -0.05) is 6.07 Å². The van der Waals surface area contributed by atoms with Gasteiger partial charge in [0.05, 0.1) is 31.5 Å². The lowest BCUT2D eigenvalue weighted by Gasteiger charge is -2.06. The first-order chi connectivity index (χ1) is 9.27. The van der Waals surface area contributed by atoms with Crippen molar-refractivity contribution < 1.29 is 18.6 Å². The molecule has 0 fully saturated rings. The molecule has 0 atom stereocenters. The van der Waals surface area contributed by atoms with Gasteiger partial charge < -0.3 is 14.2 Å². The molecule has 1 aromatic carbocycles. The minimum atomic E-state index is -0.407. The molecule has 4 nitrogen and oxygen atoms in total. The van der Waals surface area contributed by atoms with E-state index < -0.39 is 5.82 Å². The topological polar surface area (TPSA) is 51.5 Å². The number of nitriles is 1. The Labute approximate surface area is 112 Å². The number of halogens is 1. The van der Waals surface area contributed by atoms with Gasteiger partial charge in [-0.2, -0.15) is 5.26 Å². The van der Waals surface area contributed by atoms with E-state index in [0.717, 1.165) is 6.42 Å². The van der Waals surface area contributed by atoms with Crippen LogP contribution in [0.2, 0.25) is 0 Å².